The molecule has 0 bridgehead atoms. The molecule has 18 heavy (non-hydrogen) atoms. The fourth-order valence-corrected chi connectivity index (χ4v) is 2.02. The second-order valence-electron chi connectivity index (χ2n) is 4.89. The first-order valence-electron chi connectivity index (χ1n) is 6.52. The summed E-state index contributed by atoms with van der Waals surface area (Å²) in [5.74, 6) is -3.13. The summed E-state index contributed by atoms with van der Waals surface area (Å²) in [5.41, 5.74) is 0. The van der Waals surface area contributed by atoms with Gasteiger partial charge >= 0.3 is 0 Å². The normalized spacial score (nSPS) is 20.0. The maximum absolute atomic E-state index is 12.7. The molecule has 6 heteroatoms. The van der Waals surface area contributed by atoms with E-state index in [2.05, 4.69) is 5.32 Å². The standard InChI is InChI=1S/C12H23F2NO3/c13-12(14,9-16)8-15-6-10(17)7-18-11-4-2-1-3-5-11/h10-11,15-17H,1-9H2. The minimum atomic E-state index is -3.13. The average molecular weight is 267 g/mol. The lowest BCUT2D eigenvalue weighted by molar-refractivity contribution is -0.0532. The number of aliphatic hydroxyl groups is 2. The Morgan fingerprint density at radius 1 is 1.28 bits per heavy atom. The van der Waals surface area contributed by atoms with Crippen LogP contribution in [0.4, 0.5) is 8.78 Å². The van der Waals surface area contributed by atoms with Gasteiger partial charge in [0.25, 0.3) is 5.92 Å². The van der Waals surface area contributed by atoms with Gasteiger partial charge in [-0.25, -0.2) is 8.78 Å². The van der Waals surface area contributed by atoms with Crippen molar-refractivity contribution in [3.63, 3.8) is 0 Å². The van der Waals surface area contributed by atoms with Crippen LogP contribution in [0.5, 0.6) is 0 Å². The number of hydrogen-bond donors (Lipinski definition) is 3. The van der Waals surface area contributed by atoms with E-state index < -0.39 is 25.2 Å². The molecule has 0 aromatic carbocycles. The maximum atomic E-state index is 12.7. The molecule has 0 spiro atoms. The van der Waals surface area contributed by atoms with Gasteiger partial charge in [-0.3, -0.25) is 0 Å². The fourth-order valence-electron chi connectivity index (χ4n) is 2.02. The summed E-state index contributed by atoms with van der Waals surface area (Å²) in [6, 6.07) is 0. The van der Waals surface area contributed by atoms with Gasteiger partial charge in [0.2, 0.25) is 0 Å². The van der Waals surface area contributed by atoms with Gasteiger partial charge in [-0.05, 0) is 12.8 Å². The Labute approximate surface area is 106 Å². The molecule has 1 rings (SSSR count). The smallest absolute Gasteiger partial charge is 0.282 e. The van der Waals surface area contributed by atoms with Gasteiger partial charge < -0.3 is 20.3 Å². The quantitative estimate of drug-likeness (QED) is 0.612. The molecule has 3 N–H and O–H groups in total. The molecule has 0 radical (unpaired) electrons. The van der Waals surface area contributed by atoms with E-state index in [4.69, 9.17) is 9.84 Å². The van der Waals surface area contributed by atoms with Crippen LogP contribution in [0, 0.1) is 0 Å². The summed E-state index contributed by atoms with van der Waals surface area (Å²) in [6.45, 7) is -1.61. The Kier molecular flexibility index (Phi) is 6.99. The molecular formula is C12H23F2NO3. The van der Waals surface area contributed by atoms with Crippen molar-refractivity contribution in [2.45, 2.75) is 50.2 Å². The maximum Gasteiger partial charge on any atom is 0.282 e. The SMILES string of the molecule is OCC(F)(F)CNCC(O)COC1CCCCC1. The Hall–Kier alpha value is -0.300. The summed E-state index contributed by atoms with van der Waals surface area (Å²) >= 11 is 0. The van der Waals surface area contributed by atoms with Crippen LogP contribution in [0.2, 0.25) is 0 Å². The summed E-state index contributed by atoms with van der Waals surface area (Å²) in [6.07, 6.45) is 4.99. The van der Waals surface area contributed by atoms with E-state index in [1.807, 2.05) is 0 Å². The Morgan fingerprint density at radius 2 is 1.94 bits per heavy atom. The van der Waals surface area contributed by atoms with E-state index in [1.165, 1.54) is 6.42 Å². The molecule has 1 atom stereocenters. The summed E-state index contributed by atoms with van der Waals surface area (Å²) in [5, 5.41) is 20.3. The van der Waals surface area contributed by atoms with Crippen LogP contribution < -0.4 is 5.32 Å². The van der Waals surface area contributed by atoms with Crippen LogP contribution in [0.25, 0.3) is 0 Å². The molecule has 0 saturated heterocycles. The molecule has 0 aliphatic heterocycles. The van der Waals surface area contributed by atoms with Crippen LogP contribution in [-0.4, -0.2) is 54.6 Å². The van der Waals surface area contributed by atoms with Gasteiger partial charge in [-0.15, -0.1) is 0 Å². The highest BCUT2D eigenvalue weighted by Gasteiger charge is 2.27. The van der Waals surface area contributed by atoms with Crippen molar-refractivity contribution in [3.8, 4) is 0 Å². The summed E-state index contributed by atoms with van der Waals surface area (Å²) < 4.78 is 30.8. The molecule has 1 saturated carbocycles. The van der Waals surface area contributed by atoms with E-state index in [-0.39, 0.29) is 19.3 Å². The van der Waals surface area contributed by atoms with Crippen LogP contribution in [0.15, 0.2) is 0 Å². The first-order valence-corrected chi connectivity index (χ1v) is 6.52. The lowest BCUT2D eigenvalue weighted by Crippen LogP contribution is -2.40. The van der Waals surface area contributed by atoms with Crippen molar-refractivity contribution in [1.82, 2.24) is 5.32 Å². The Balaban J connectivity index is 2.04. The van der Waals surface area contributed by atoms with Crippen LogP contribution >= 0.6 is 0 Å². The van der Waals surface area contributed by atoms with Crippen molar-refractivity contribution >= 4 is 0 Å². The summed E-state index contributed by atoms with van der Waals surface area (Å²) in [4.78, 5) is 0. The number of alkyl halides is 2. The van der Waals surface area contributed by atoms with Gasteiger partial charge in [-0.2, -0.15) is 0 Å². The largest absolute Gasteiger partial charge is 0.390 e. The third-order valence-corrected chi connectivity index (χ3v) is 3.07. The zero-order valence-electron chi connectivity index (χ0n) is 10.6. The molecule has 1 fully saturated rings. The van der Waals surface area contributed by atoms with Gasteiger partial charge in [-0.1, -0.05) is 19.3 Å². The topological polar surface area (TPSA) is 61.7 Å². The molecule has 1 unspecified atom stereocenters. The van der Waals surface area contributed by atoms with Crippen LogP contribution in [0.1, 0.15) is 32.1 Å². The highest BCUT2D eigenvalue weighted by atomic mass is 19.3. The molecule has 0 heterocycles. The zero-order valence-corrected chi connectivity index (χ0v) is 10.6. The van der Waals surface area contributed by atoms with Crippen molar-refractivity contribution in [2.24, 2.45) is 0 Å². The molecule has 1 aliphatic carbocycles. The van der Waals surface area contributed by atoms with Gasteiger partial charge in [0.1, 0.15) is 6.61 Å². The minimum absolute atomic E-state index is 0.0440. The molecule has 1 aliphatic rings. The van der Waals surface area contributed by atoms with E-state index in [9.17, 15) is 13.9 Å². The van der Waals surface area contributed by atoms with Crippen LogP contribution in [0.3, 0.4) is 0 Å². The zero-order chi connectivity index (χ0) is 13.4. The highest BCUT2D eigenvalue weighted by Crippen LogP contribution is 2.20. The number of hydrogen-bond acceptors (Lipinski definition) is 4. The number of aliphatic hydroxyl groups excluding tert-OH is 2. The van der Waals surface area contributed by atoms with E-state index in [0.29, 0.717) is 0 Å². The number of ether oxygens (including phenoxy) is 1. The number of nitrogens with one attached hydrogen (secondary N) is 1. The van der Waals surface area contributed by atoms with Crippen LogP contribution in [-0.2, 0) is 4.74 Å². The molecule has 0 aromatic heterocycles. The molecular weight excluding hydrogens is 244 g/mol. The van der Waals surface area contributed by atoms with Crippen molar-refractivity contribution in [2.75, 3.05) is 26.3 Å². The first kappa shape index (κ1) is 15.8. The van der Waals surface area contributed by atoms with E-state index >= 15 is 0 Å². The van der Waals surface area contributed by atoms with Crippen molar-refractivity contribution < 1.29 is 23.7 Å². The second kappa shape index (κ2) is 7.99. The molecule has 0 aromatic rings. The fraction of sp³-hybridized carbons (Fsp3) is 1.00. The van der Waals surface area contributed by atoms with Crippen molar-refractivity contribution in [3.05, 3.63) is 0 Å². The van der Waals surface area contributed by atoms with E-state index in [1.54, 1.807) is 0 Å². The van der Waals surface area contributed by atoms with Gasteiger partial charge in [0.15, 0.2) is 0 Å². The lowest BCUT2D eigenvalue weighted by atomic mass is 9.98. The monoisotopic (exact) mass is 267 g/mol. The van der Waals surface area contributed by atoms with Gasteiger partial charge in [0.05, 0.1) is 25.4 Å². The number of rotatable bonds is 8. The third-order valence-electron chi connectivity index (χ3n) is 3.07. The summed E-state index contributed by atoms with van der Waals surface area (Å²) in [7, 11) is 0. The lowest BCUT2D eigenvalue weighted by Gasteiger charge is -2.23. The Bertz CT molecular complexity index is 223. The Morgan fingerprint density at radius 3 is 2.56 bits per heavy atom. The van der Waals surface area contributed by atoms with E-state index in [0.717, 1.165) is 25.7 Å². The first-order chi connectivity index (χ1) is 8.53. The van der Waals surface area contributed by atoms with Gasteiger partial charge in [0, 0.05) is 6.54 Å². The minimum Gasteiger partial charge on any atom is -0.390 e. The molecule has 4 nitrogen and oxygen atoms in total. The molecule has 108 valence electrons. The number of halogens is 2. The average Bonchev–Trinajstić information content (AvgIpc) is 2.37. The molecule has 0 amide bonds. The highest BCUT2D eigenvalue weighted by molar-refractivity contribution is 4.70. The predicted octanol–water partition coefficient (Wildman–Crippen LogP) is 0.914. The second-order valence-corrected chi connectivity index (χ2v) is 4.89. The predicted molar refractivity (Wildman–Crippen MR) is 63.7 cm³/mol. The third kappa shape index (κ3) is 6.58. The van der Waals surface area contributed by atoms with Crippen molar-refractivity contribution in [1.29, 1.82) is 0 Å².